The molecule has 6 rings (SSSR count). The molecule has 0 bridgehead atoms. The van der Waals surface area contributed by atoms with Crippen LogP contribution in [0.15, 0.2) is 101 Å². The molecule has 0 aliphatic carbocycles. The van der Waals surface area contributed by atoms with Crippen LogP contribution in [0.2, 0.25) is 0 Å². The average molecular weight is 549 g/mol. The number of hydrogen-bond donors (Lipinski definition) is 1. The second-order valence-corrected chi connectivity index (χ2v) is 11.0. The van der Waals surface area contributed by atoms with Crippen LogP contribution in [0.4, 0.5) is 5.69 Å². The smallest absolute Gasteiger partial charge is 0.262 e. The molecule has 2 heterocycles. The lowest BCUT2D eigenvalue weighted by Crippen LogP contribution is -2.25. The maximum Gasteiger partial charge on any atom is 0.262 e. The van der Waals surface area contributed by atoms with Crippen LogP contribution >= 0.6 is 11.8 Å². The van der Waals surface area contributed by atoms with Gasteiger partial charge in [0.1, 0.15) is 11.0 Å². The van der Waals surface area contributed by atoms with Gasteiger partial charge in [0.05, 0.1) is 18.9 Å². The maximum atomic E-state index is 12.9. The molecule has 4 aromatic carbocycles. The summed E-state index contributed by atoms with van der Waals surface area (Å²) < 4.78 is 5.35. The predicted molar refractivity (Wildman–Crippen MR) is 161 cm³/mol. The summed E-state index contributed by atoms with van der Waals surface area (Å²) in [6.07, 6.45) is 0.685. The number of nitrogens with one attached hydrogen (secondary N) is 1. The minimum Gasteiger partial charge on any atom is -0.497 e. The summed E-state index contributed by atoms with van der Waals surface area (Å²) in [5.41, 5.74) is 4.70. The Labute approximate surface area is 236 Å². The first-order valence-corrected chi connectivity index (χ1v) is 14.0. The van der Waals surface area contributed by atoms with E-state index in [-0.39, 0.29) is 24.3 Å². The Morgan fingerprint density at radius 1 is 1.00 bits per heavy atom. The van der Waals surface area contributed by atoms with Crippen molar-refractivity contribution in [2.45, 2.75) is 31.1 Å². The molecule has 0 radical (unpaired) electrons. The second kappa shape index (κ2) is 11.0. The monoisotopic (exact) mass is 548 g/mol. The van der Waals surface area contributed by atoms with Gasteiger partial charge in [-0.1, -0.05) is 78.5 Å². The molecule has 8 heteroatoms. The average Bonchev–Trinajstić information content (AvgIpc) is 3.58. The number of methoxy groups -OCH3 is 1. The van der Waals surface area contributed by atoms with Gasteiger partial charge in [0.25, 0.3) is 5.91 Å². The highest BCUT2D eigenvalue weighted by Crippen LogP contribution is 2.39. The molecular formula is C32H28N4O3S. The van der Waals surface area contributed by atoms with E-state index in [9.17, 15) is 9.59 Å². The van der Waals surface area contributed by atoms with Crippen molar-refractivity contribution in [3.63, 3.8) is 0 Å². The quantitative estimate of drug-likeness (QED) is 0.304. The number of amidine groups is 1. The van der Waals surface area contributed by atoms with E-state index in [2.05, 4.69) is 40.6 Å². The number of benzene rings is 4. The molecule has 4 aromatic rings. The van der Waals surface area contributed by atoms with Gasteiger partial charge in [-0.25, -0.2) is 5.01 Å². The Bertz CT molecular complexity index is 1660. The lowest BCUT2D eigenvalue weighted by atomic mass is 9.97. The first kappa shape index (κ1) is 25.8. The Morgan fingerprint density at radius 2 is 1.75 bits per heavy atom. The third-order valence-corrected chi connectivity index (χ3v) is 8.35. The zero-order valence-electron chi connectivity index (χ0n) is 22.2. The van der Waals surface area contributed by atoms with Gasteiger partial charge in [-0.05, 0) is 58.7 Å². The number of anilines is 1. The molecule has 0 spiro atoms. The van der Waals surface area contributed by atoms with Crippen LogP contribution in [0, 0.1) is 6.92 Å². The Kier molecular flexibility index (Phi) is 7.09. The summed E-state index contributed by atoms with van der Waals surface area (Å²) >= 11 is 1.30. The van der Waals surface area contributed by atoms with E-state index in [1.807, 2.05) is 72.6 Å². The molecule has 0 saturated heterocycles. The lowest BCUT2D eigenvalue weighted by Gasteiger charge is -2.23. The van der Waals surface area contributed by atoms with Gasteiger partial charge in [-0.2, -0.15) is 10.1 Å². The van der Waals surface area contributed by atoms with E-state index in [4.69, 9.17) is 9.84 Å². The maximum absolute atomic E-state index is 12.9. The van der Waals surface area contributed by atoms with E-state index >= 15 is 0 Å². The molecule has 0 fully saturated rings. The van der Waals surface area contributed by atoms with E-state index in [0.717, 1.165) is 39.2 Å². The van der Waals surface area contributed by atoms with Crippen LogP contribution in [-0.4, -0.2) is 40.1 Å². The van der Waals surface area contributed by atoms with Crippen molar-refractivity contribution in [3.05, 3.63) is 108 Å². The van der Waals surface area contributed by atoms with E-state index in [0.29, 0.717) is 11.6 Å². The van der Waals surface area contributed by atoms with Crippen molar-refractivity contribution < 1.29 is 14.3 Å². The van der Waals surface area contributed by atoms with E-state index in [1.165, 1.54) is 17.1 Å². The van der Waals surface area contributed by atoms with Crippen LogP contribution < -0.4 is 10.1 Å². The number of carbonyl (C=O) groups is 2. The number of nitrogens with zero attached hydrogens (tertiary/aromatic N) is 3. The zero-order chi connectivity index (χ0) is 27.6. The van der Waals surface area contributed by atoms with E-state index in [1.54, 1.807) is 7.11 Å². The Balaban J connectivity index is 1.26. The molecule has 0 saturated carbocycles. The summed E-state index contributed by atoms with van der Waals surface area (Å²) in [5.74, 6) is 0.235. The highest BCUT2D eigenvalue weighted by molar-refractivity contribution is 8.15. The van der Waals surface area contributed by atoms with Crippen LogP contribution in [-0.2, 0) is 9.59 Å². The van der Waals surface area contributed by atoms with Crippen molar-refractivity contribution in [1.82, 2.24) is 5.01 Å². The van der Waals surface area contributed by atoms with Gasteiger partial charge < -0.3 is 10.1 Å². The van der Waals surface area contributed by atoms with Crippen molar-refractivity contribution in [2.75, 3.05) is 12.4 Å². The number of thioether (sulfide) groups is 1. The number of amides is 2. The highest BCUT2D eigenvalue weighted by atomic mass is 32.2. The first-order chi connectivity index (χ1) is 19.5. The molecule has 40 heavy (non-hydrogen) atoms. The Hall–Kier alpha value is -4.43. The van der Waals surface area contributed by atoms with Gasteiger partial charge in [-0.15, -0.1) is 0 Å². The number of rotatable bonds is 6. The third-order valence-electron chi connectivity index (χ3n) is 7.21. The number of aryl methyl sites for hydroxylation is 1. The van der Waals surface area contributed by atoms with Gasteiger partial charge in [0, 0.05) is 18.5 Å². The molecule has 200 valence electrons. The Morgan fingerprint density at radius 3 is 2.52 bits per heavy atom. The zero-order valence-corrected chi connectivity index (χ0v) is 23.0. The fourth-order valence-corrected chi connectivity index (χ4v) is 6.06. The molecule has 2 amide bonds. The fraction of sp³-hybridized carbons (Fsp3) is 0.188. The predicted octanol–water partition coefficient (Wildman–Crippen LogP) is 6.33. The molecule has 1 N–H and O–H groups in total. The first-order valence-electron chi connectivity index (χ1n) is 13.1. The van der Waals surface area contributed by atoms with Crippen molar-refractivity contribution >= 4 is 50.9 Å². The van der Waals surface area contributed by atoms with Crippen molar-refractivity contribution in [3.8, 4) is 5.75 Å². The van der Waals surface area contributed by atoms with Crippen molar-refractivity contribution in [2.24, 2.45) is 10.1 Å². The van der Waals surface area contributed by atoms with Crippen LogP contribution in [0.25, 0.3) is 10.8 Å². The summed E-state index contributed by atoms with van der Waals surface area (Å²) in [7, 11) is 1.64. The molecular weight excluding hydrogens is 520 g/mol. The number of carbonyl (C=O) groups excluding carboxylic acids is 2. The van der Waals surface area contributed by atoms with Crippen LogP contribution in [0.5, 0.6) is 5.75 Å². The summed E-state index contributed by atoms with van der Waals surface area (Å²) in [6.45, 7) is 1.93. The number of para-hydroxylation sites is 1. The molecule has 0 aromatic heterocycles. The topological polar surface area (TPSA) is 83.4 Å². The second-order valence-electron chi connectivity index (χ2n) is 9.85. The molecule has 2 aliphatic heterocycles. The molecule has 2 unspecified atom stereocenters. The number of hydrazone groups is 1. The number of ether oxygens (including phenoxy) is 1. The van der Waals surface area contributed by atoms with Crippen LogP contribution in [0.3, 0.4) is 0 Å². The minimum absolute atomic E-state index is 0.0348. The van der Waals surface area contributed by atoms with Gasteiger partial charge >= 0.3 is 0 Å². The highest BCUT2D eigenvalue weighted by Gasteiger charge is 2.39. The third kappa shape index (κ3) is 5.22. The van der Waals surface area contributed by atoms with Crippen LogP contribution in [0.1, 0.15) is 35.6 Å². The van der Waals surface area contributed by atoms with E-state index < -0.39 is 5.25 Å². The van der Waals surface area contributed by atoms with Crippen molar-refractivity contribution in [1.29, 1.82) is 0 Å². The number of aliphatic imine (C=N–C) groups is 1. The van der Waals surface area contributed by atoms with Gasteiger partial charge in [-0.3, -0.25) is 9.59 Å². The molecule has 7 nitrogen and oxygen atoms in total. The largest absolute Gasteiger partial charge is 0.497 e. The summed E-state index contributed by atoms with van der Waals surface area (Å²) in [5, 5.41) is 12.0. The molecule has 2 aliphatic rings. The molecule has 2 atom stereocenters. The van der Waals surface area contributed by atoms with Gasteiger partial charge in [0.15, 0.2) is 5.17 Å². The minimum atomic E-state index is -0.601. The number of fused-ring (bicyclic) bond motifs is 1. The van der Waals surface area contributed by atoms with Gasteiger partial charge in [0.2, 0.25) is 5.91 Å². The normalized spacial score (nSPS) is 18.6. The standard InChI is InChI=1S/C32H28N4O3S/c1-20-7-3-6-10-26(20)33-30(37)19-29-31(38)34-32(40-29)36-28(22-13-15-25(39-2)16-14-22)18-27(35-36)24-12-11-21-8-4-5-9-23(21)17-24/h3-17,28-29H,18-19H2,1-2H3,(H,33,37). The summed E-state index contributed by atoms with van der Waals surface area (Å²) in [4.78, 5) is 30.1. The number of hydrogen-bond acceptors (Lipinski definition) is 6. The summed E-state index contributed by atoms with van der Waals surface area (Å²) in [6, 6.07) is 29.9. The fourth-order valence-electron chi connectivity index (χ4n) is 5.00. The SMILES string of the molecule is COc1ccc(C2CC(c3ccc4ccccc4c3)=NN2C2=NC(=O)C(CC(=O)Nc3ccccc3C)S2)cc1. The lowest BCUT2D eigenvalue weighted by molar-refractivity contribution is -0.121.